The minimum absolute atomic E-state index is 0.153. The van der Waals surface area contributed by atoms with Gasteiger partial charge in [-0.05, 0) is 0 Å². The van der Waals surface area contributed by atoms with Gasteiger partial charge in [-0.25, -0.2) is 0 Å². The lowest BCUT2D eigenvalue weighted by Gasteiger charge is -2.38. The number of hydrogen-bond donors (Lipinski definition) is 0. The molecular weight excluding hydrogens is 190 g/mol. The van der Waals surface area contributed by atoms with Crippen molar-refractivity contribution in [1.82, 2.24) is 0 Å². The topological polar surface area (TPSA) is 23.1 Å². The Kier molecular flexibility index (Phi) is 2.36. The highest BCUT2D eigenvalue weighted by atomic mass is 19.4. The summed E-state index contributed by atoms with van der Waals surface area (Å²) in [6.07, 6.45) is -8.18. The van der Waals surface area contributed by atoms with Crippen molar-refractivity contribution in [2.24, 2.45) is 0 Å². The summed E-state index contributed by atoms with van der Waals surface area (Å²) in [5.74, 6) is 0.153. The molecule has 0 radical (unpaired) electrons. The van der Waals surface area contributed by atoms with Crippen molar-refractivity contribution in [3.63, 3.8) is 0 Å². The molecule has 0 saturated carbocycles. The van der Waals surface area contributed by atoms with Crippen molar-refractivity contribution < 1.29 is 31.4 Å². The summed E-state index contributed by atoms with van der Waals surface area (Å²) in [6.45, 7) is 0. The largest absolute Gasteiger partial charge is 0.827 e. The molecule has 0 bridgehead atoms. The van der Waals surface area contributed by atoms with Crippen molar-refractivity contribution in [3.8, 4) is 12.3 Å². The maximum absolute atomic E-state index is 11.4. The summed E-state index contributed by atoms with van der Waals surface area (Å²) >= 11 is 0. The number of terminal acetylenes is 1. The van der Waals surface area contributed by atoms with E-state index in [1.54, 1.807) is 0 Å². The van der Waals surface area contributed by atoms with Gasteiger partial charge in [0.25, 0.3) is 0 Å². The van der Waals surface area contributed by atoms with Crippen molar-refractivity contribution in [3.05, 3.63) is 0 Å². The first-order valence-corrected chi connectivity index (χ1v) is 2.38. The van der Waals surface area contributed by atoms with E-state index in [0.29, 0.717) is 0 Å². The zero-order chi connectivity index (χ0) is 10.2. The molecule has 0 aromatic carbocycles. The standard InChI is InChI=1S/C5HF6O/c1-2-3(12,4(6,7)8)5(9,10)11/h1H/q-1. The van der Waals surface area contributed by atoms with Crippen LogP contribution in [0.25, 0.3) is 0 Å². The number of halogens is 6. The fraction of sp³-hybridized carbons (Fsp3) is 0.600. The molecule has 0 amide bonds. The van der Waals surface area contributed by atoms with Gasteiger partial charge in [-0.3, -0.25) is 0 Å². The van der Waals surface area contributed by atoms with Crippen molar-refractivity contribution in [2.75, 3.05) is 0 Å². The molecular formula is C5HF6O-. The predicted octanol–water partition coefficient (Wildman–Crippen LogP) is 0.843. The first-order valence-electron chi connectivity index (χ1n) is 2.38. The summed E-state index contributed by atoms with van der Waals surface area (Å²) < 4.78 is 68.6. The van der Waals surface area contributed by atoms with Gasteiger partial charge in [-0.2, -0.15) is 26.3 Å². The summed E-state index contributed by atoms with van der Waals surface area (Å²) in [5, 5.41) is 10.0. The molecule has 12 heavy (non-hydrogen) atoms. The van der Waals surface area contributed by atoms with Gasteiger partial charge in [0.2, 0.25) is 0 Å². The Morgan fingerprint density at radius 2 is 1.17 bits per heavy atom. The van der Waals surface area contributed by atoms with Gasteiger partial charge >= 0.3 is 12.4 Å². The summed E-state index contributed by atoms with van der Waals surface area (Å²) in [5.41, 5.74) is -5.31. The van der Waals surface area contributed by atoms with Gasteiger partial charge in [0.15, 0.2) is 0 Å². The molecule has 0 fully saturated rings. The van der Waals surface area contributed by atoms with Crippen molar-refractivity contribution >= 4 is 0 Å². The van der Waals surface area contributed by atoms with Crippen LogP contribution in [0.3, 0.4) is 0 Å². The number of hydrogen-bond acceptors (Lipinski definition) is 1. The van der Waals surface area contributed by atoms with Gasteiger partial charge in [0.1, 0.15) is 5.60 Å². The minimum atomic E-state index is -6.03. The molecule has 0 aromatic heterocycles. The average molecular weight is 191 g/mol. The monoisotopic (exact) mass is 191 g/mol. The second-order valence-corrected chi connectivity index (χ2v) is 1.82. The van der Waals surface area contributed by atoms with Crippen molar-refractivity contribution in [1.29, 1.82) is 0 Å². The van der Waals surface area contributed by atoms with Crippen LogP contribution < -0.4 is 5.11 Å². The molecule has 0 aliphatic rings. The molecule has 70 valence electrons. The molecule has 0 saturated heterocycles. The maximum Gasteiger partial charge on any atom is 0.399 e. The molecule has 0 atom stereocenters. The normalized spacial score (nSPS) is 14.2. The Morgan fingerprint density at radius 3 is 1.17 bits per heavy atom. The van der Waals surface area contributed by atoms with Crippen LogP contribution in [0.2, 0.25) is 0 Å². The summed E-state index contributed by atoms with van der Waals surface area (Å²) in [4.78, 5) is 0. The fourth-order valence-corrected chi connectivity index (χ4v) is 0.324. The van der Waals surface area contributed by atoms with E-state index in [-0.39, 0.29) is 5.92 Å². The Morgan fingerprint density at radius 1 is 0.917 bits per heavy atom. The highest BCUT2D eigenvalue weighted by Crippen LogP contribution is 2.40. The molecule has 0 spiro atoms. The van der Waals surface area contributed by atoms with Gasteiger partial charge in [0, 0.05) is 0 Å². The van der Waals surface area contributed by atoms with Crippen LogP contribution in [0.15, 0.2) is 0 Å². The van der Waals surface area contributed by atoms with Crippen LogP contribution in [0, 0.1) is 12.3 Å². The minimum Gasteiger partial charge on any atom is -0.827 e. The molecule has 0 unspecified atom stereocenters. The first-order chi connectivity index (χ1) is 5.06. The zero-order valence-corrected chi connectivity index (χ0v) is 5.25. The van der Waals surface area contributed by atoms with Crippen LogP contribution in [0.1, 0.15) is 0 Å². The lowest BCUT2D eigenvalue weighted by Crippen LogP contribution is -2.65. The molecule has 0 aromatic rings. The SMILES string of the molecule is C#CC([O-])(C(F)(F)F)C(F)(F)F. The van der Waals surface area contributed by atoms with Crippen LogP contribution in [-0.2, 0) is 0 Å². The third-order valence-corrected chi connectivity index (χ3v) is 1.00. The van der Waals surface area contributed by atoms with Gasteiger partial charge in [-0.1, -0.05) is 5.92 Å². The fourth-order valence-electron chi connectivity index (χ4n) is 0.324. The summed E-state index contributed by atoms with van der Waals surface area (Å²) in [7, 11) is 0. The molecule has 0 heterocycles. The van der Waals surface area contributed by atoms with Gasteiger partial charge < -0.3 is 5.11 Å². The lowest BCUT2D eigenvalue weighted by atomic mass is 10.1. The predicted molar refractivity (Wildman–Crippen MR) is 23.7 cm³/mol. The Hall–Kier alpha value is -0.900. The van der Waals surface area contributed by atoms with E-state index in [1.807, 2.05) is 0 Å². The summed E-state index contributed by atoms with van der Waals surface area (Å²) in [6, 6.07) is 0. The highest BCUT2D eigenvalue weighted by Gasteiger charge is 2.61. The quantitative estimate of drug-likeness (QED) is 0.411. The average Bonchev–Trinajstić information content (AvgIpc) is 1.81. The van der Waals surface area contributed by atoms with E-state index in [2.05, 4.69) is 6.42 Å². The van der Waals surface area contributed by atoms with Gasteiger partial charge in [0.05, 0.1) is 0 Å². The van der Waals surface area contributed by atoms with E-state index < -0.39 is 18.0 Å². The zero-order valence-electron chi connectivity index (χ0n) is 5.25. The molecule has 0 aliphatic heterocycles. The van der Waals surface area contributed by atoms with E-state index in [0.717, 1.165) is 0 Å². The third kappa shape index (κ3) is 1.48. The Balaban J connectivity index is 5.14. The second-order valence-electron chi connectivity index (χ2n) is 1.82. The molecule has 1 nitrogen and oxygen atoms in total. The van der Waals surface area contributed by atoms with E-state index in [1.165, 1.54) is 0 Å². The highest BCUT2D eigenvalue weighted by molar-refractivity contribution is 5.14. The first kappa shape index (κ1) is 11.1. The van der Waals surface area contributed by atoms with E-state index >= 15 is 0 Å². The molecule has 0 rings (SSSR count). The van der Waals surface area contributed by atoms with E-state index in [4.69, 9.17) is 0 Å². The Bertz CT molecular complexity index is 191. The van der Waals surface area contributed by atoms with Gasteiger partial charge in [-0.15, -0.1) is 6.42 Å². The van der Waals surface area contributed by atoms with Crippen LogP contribution in [-0.4, -0.2) is 18.0 Å². The van der Waals surface area contributed by atoms with Crippen LogP contribution in [0.5, 0.6) is 0 Å². The third-order valence-electron chi connectivity index (χ3n) is 1.00. The lowest BCUT2D eigenvalue weighted by molar-refractivity contribution is -0.570. The second kappa shape index (κ2) is 2.55. The van der Waals surface area contributed by atoms with Crippen LogP contribution in [0.4, 0.5) is 26.3 Å². The number of rotatable bonds is 0. The Labute approximate surface area is 63.0 Å². The van der Waals surface area contributed by atoms with Crippen LogP contribution >= 0.6 is 0 Å². The maximum atomic E-state index is 11.4. The molecule has 0 aliphatic carbocycles. The van der Waals surface area contributed by atoms with E-state index in [9.17, 15) is 31.4 Å². The van der Waals surface area contributed by atoms with Crippen molar-refractivity contribution in [2.45, 2.75) is 18.0 Å². The number of alkyl halides is 6. The molecule has 7 heteroatoms. The molecule has 0 N–H and O–H groups in total. The smallest absolute Gasteiger partial charge is 0.399 e.